The largest absolute Gasteiger partial charge is 0.388 e. The first-order chi connectivity index (χ1) is 4.95. The highest BCUT2D eigenvalue weighted by atomic mass is 16.5. The van der Waals surface area contributed by atoms with E-state index in [1.807, 2.05) is 0 Å². The van der Waals surface area contributed by atoms with Crippen LogP contribution in [0.3, 0.4) is 0 Å². The predicted octanol–water partition coefficient (Wildman–Crippen LogP) is -1.12. The van der Waals surface area contributed by atoms with E-state index in [0.29, 0.717) is 0 Å². The van der Waals surface area contributed by atoms with Crippen molar-refractivity contribution < 1.29 is 20.1 Å². The molecule has 4 nitrogen and oxygen atoms in total. The summed E-state index contributed by atoms with van der Waals surface area (Å²) in [5.74, 6) is 0. The van der Waals surface area contributed by atoms with Crippen LogP contribution >= 0.6 is 0 Å². The maximum atomic E-state index is 9.34. The average molecular weight is 162 g/mol. The molecule has 1 fully saturated rings. The molecule has 1 aliphatic rings. The SMILES string of the molecule is CC1(C)OC[C@@H](O)[C@@H](O)[C@@H]1O. The smallest absolute Gasteiger partial charge is 0.111 e. The highest BCUT2D eigenvalue weighted by Crippen LogP contribution is 2.24. The molecule has 66 valence electrons. The number of rotatable bonds is 0. The third kappa shape index (κ3) is 1.54. The molecular formula is C7H14O4. The maximum absolute atomic E-state index is 9.34. The Morgan fingerprint density at radius 3 is 2.27 bits per heavy atom. The lowest BCUT2D eigenvalue weighted by molar-refractivity contribution is -0.222. The van der Waals surface area contributed by atoms with Gasteiger partial charge in [-0.05, 0) is 13.8 Å². The van der Waals surface area contributed by atoms with Gasteiger partial charge in [-0.2, -0.15) is 0 Å². The minimum Gasteiger partial charge on any atom is -0.388 e. The van der Waals surface area contributed by atoms with Gasteiger partial charge in [0.15, 0.2) is 0 Å². The number of hydrogen-bond acceptors (Lipinski definition) is 4. The minimum atomic E-state index is -1.10. The van der Waals surface area contributed by atoms with E-state index in [1.54, 1.807) is 13.8 Å². The molecule has 0 saturated carbocycles. The first-order valence-corrected chi connectivity index (χ1v) is 3.63. The van der Waals surface area contributed by atoms with E-state index in [-0.39, 0.29) is 6.61 Å². The standard InChI is InChI=1S/C7H14O4/c1-7(2)6(10)5(9)4(8)3-11-7/h4-6,8-10H,3H2,1-2H3/t4-,5-,6+/m1/s1. The van der Waals surface area contributed by atoms with E-state index in [4.69, 9.17) is 9.84 Å². The third-order valence-electron chi connectivity index (χ3n) is 2.06. The van der Waals surface area contributed by atoms with E-state index >= 15 is 0 Å². The van der Waals surface area contributed by atoms with Crippen LogP contribution < -0.4 is 0 Å². The van der Waals surface area contributed by atoms with Crippen molar-refractivity contribution in [3.63, 3.8) is 0 Å². The first kappa shape index (κ1) is 8.93. The summed E-state index contributed by atoms with van der Waals surface area (Å²) in [4.78, 5) is 0. The Balaban J connectivity index is 2.67. The van der Waals surface area contributed by atoms with Crippen LogP contribution in [0.15, 0.2) is 0 Å². The molecule has 1 saturated heterocycles. The molecule has 0 aliphatic carbocycles. The zero-order valence-electron chi connectivity index (χ0n) is 6.69. The van der Waals surface area contributed by atoms with Crippen molar-refractivity contribution in [2.45, 2.75) is 37.8 Å². The van der Waals surface area contributed by atoms with Crippen LogP contribution in [-0.2, 0) is 4.74 Å². The van der Waals surface area contributed by atoms with Crippen LogP contribution in [0.25, 0.3) is 0 Å². The van der Waals surface area contributed by atoms with Crippen molar-refractivity contribution >= 4 is 0 Å². The Bertz CT molecular complexity index is 145. The zero-order valence-corrected chi connectivity index (χ0v) is 6.69. The van der Waals surface area contributed by atoms with Crippen molar-refractivity contribution in [3.05, 3.63) is 0 Å². The normalized spacial score (nSPS) is 43.9. The lowest BCUT2D eigenvalue weighted by Gasteiger charge is -2.40. The van der Waals surface area contributed by atoms with Gasteiger partial charge in [-0.15, -0.1) is 0 Å². The van der Waals surface area contributed by atoms with E-state index < -0.39 is 23.9 Å². The maximum Gasteiger partial charge on any atom is 0.111 e. The van der Waals surface area contributed by atoms with Crippen molar-refractivity contribution in [2.24, 2.45) is 0 Å². The molecule has 0 aromatic heterocycles. The van der Waals surface area contributed by atoms with Crippen LogP contribution in [-0.4, -0.2) is 45.8 Å². The van der Waals surface area contributed by atoms with Gasteiger partial charge < -0.3 is 20.1 Å². The van der Waals surface area contributed by atoms with E-state index in [2.05, 4.69) is 0 Å². The summed E-state index contributed by atoms with van der Waals surface area (Å²) in [6, 6.07) is 0. The summed E-state index contributed by atoms with van der Waals surface area (Å²) < 4.78 is 5.10. The van der Waals surface area contributed by atoms with Crippen molar-refractivity contribution in [1.82, 2.24) is 0 Å². The molecule has 0 aromatic carbocycles. The topological polar surface area (TPSA) is 69.9 Å². The summed E-state index contributed by atoms with van der Waals surface area (Å²) in [6.45, 7) is 3.42. The second-order valence-corrected chi connectivity index (χ2v) is 3.42. The highest BCUT2D eigenvalue weighted by molar-refractivity contribution is 4.92. The third-order valence-corrected chi connectivity index (χ3v) is 2.06. The van der Waals surface area contributed by atoms with E-state index in [1.165, 1.54) is 0 Å². The van der Waals surface area contributed by atoms with Crippen LogP contribution in [0.1, 0.15) is 13.8 Å². The molecule has 3 atom stereocenters. The molecule has 0 amide bonds. The van der Waals surface area contributed by atoms with Gasteiger partial charge in [0.1, 0.15) is 18.3 Å². The van der Waals surface area contributed by atoms with E-state index in [0.717, 1.165) is 0 Å². The monoisotopic (exact) mass is 162 g/mol. The van der Waals surface area contributed by atoms with Crippen LogP contribution in [0.5, 0.6) is 0 Å². The molecule has 0 unspecified atom stereocenters. The fourth-order valence-corrected chi connectivity index (χ4v) is 1.11. The fourth-order valence-electron chi connectivity index (χ4n) is 1.11. The molecule has 1 heterocycles. The molecule has 0 radical (unpaired) electrons. The van der Waals surface area contributed by atoms with Gasteiger partial charge in [-0.25, -0.2) is 0 Å². The quantitative estimate of drug-likeness (QED) is 0.422. The Labute approximate surface area is 65.4 Å². The van der Waals surface area contributed by atoms with Crippen LogP contribution in [0.2, 0.25) is 0 Å². The molecule has 0 bridgehead atoms. The van der Waals surface area contributed by atoms with Gasteiger partial charge in [-0.1, -0.05) is 0 Å². The Kier molecular flexibility index (Phi) is 2.20. The van der Waals surface area contributed by atoms with Gasteiger partial charge in [0.2, 0.25) is 0 Å². The fraction of sp³-hybridized carbons (Fsp3) is 1.00. The van der Waals surface area contributed by atoms with Gasteiger partial charge in [-0.3, -0.25) is 0 Å². The molecule has 0 aromatic rings. The van der Waals surface area contributed by atoms with Crippen LogP contribution in [0, 0.1) is 0 Å². The molecular weight excluding hydrogens is 148 g/mol. The predicted molar refractivity (Wildman–Crippen MR) is 38.1 cm³/mol. The molecule has 1 aliphatic heterocycles. The van der Waals surface area contributed by atoms with Gasteiger partial charge in [0, 0.05) is 0 Å². The van der Waals surface area contributed by atoms with Crippen molar-refractivity contribution in [2.75, 3.05) is 6.61 Å². The van der Waals surface area contributed by atoms with Crippen molar-refractivity contribution in [3.8, 4) is 0 Å². The minimum absolute atomic E-state index is 0.0746. The van der Waals surface area contributed by atoms with Gasteiger partial charge >= 0.3 is 0 Å². The lowest BCUT2D eigenvalue weighted by atomic mass is 9.91. The van der Waals surface area contributed by atoms with E-state index in [9.17, 15) is 10.2 Å². The summed E-state index contributed by atoms with van der Waals surface area (Å²) >= 11 is 0. The Morgan fingerprint density at radius 1 is 1.27 bits per heavy atom. The first-order valence-electron chi connectivity index (χ1n) is 3.63. The molecule has 4 heteroatoms. The summed E-state index contributed by atoms with van der Waals surface area (Å²) in [6.07, 6.45) is -3.09. The van der Waals surface area contributed by atoms with Gasteiger partial charge in [0.05, 0.1) is 12.2 Å². The summed E-state index contributed by atoms with van der Waals surface area (Å²) in [5.41, 5.74) is -0.765. The Hall–Kier alpha value is -0.160. The second-order valence-electron chi connectivity index (χ2n) is 3.42. The van der Waals surface area contributed by atoms with Gasteiger partial charge in [0.25, 0.3) is 0 Å². The Morgan fingerprint density at radius 2 is 1.82 bits per heavy atom. The molecule has 0 spiro atoms. The highest BCUT2D eigenvalue weighted by Gasteiger charge is 2.42. The lowest BCUT2D eigenvalue weighted by Crippen LogP contribution is -2.57. The van der Waals surface area contributed by atoms with Crippen LogP contribution in [0.4, 0.5) is 0 Å². The number of ether oxygens (including phenoxy) is 1. The number of hydrogen-bond donors (Lipinski definition) is 3. The van der Waals surface area contributed by atoms with Crippen molar-refractivity contribution in [1.29, 1.82) is 0 Å². The average Bonchev–Trinajstić information content (AvgIpc) is 1.95. The number of aliphatic hydroxyl groups excluding tert-OH is 3. The summed E-state index contributed by atoms with van der Waals surface area (Å²) in [7, 11) is 0. The molecule has 1 rings (SSSR count). The molecule has 3 N–H and O–H groups in total. The second kappa shape index (κ2) is 2.71. The summed E-state index contributed by atoms with van der Waals surface area (Å²) in [5, 5.41) is 27.6. The molecule has 11 heavy (non-hydrogen) atoms. The number of aliphatic hydroxyl groups is 3. The zero-order chi connectivity index (χ0) is 8.65.